The van der Waals surface area contributed by atoms with E-state index in [4.69, 9.17) is 0 Å². The first-order chi connectivity index (χ1) is 7.90. The van der Waals surface area contributed by atoms with E-state index in [9.17, 15) is 0 Å². The van der Waals surface area contributed by atoms with Crippen LogP contribution >= 0.6 is 0 Å². The third-order valence-corrected chi connectivity index (χ3v) is 3.73. The number of allylic oxidation sites excluding steroid dienone is 4. The van der Waals surface area contributed by atoms with Crippen molar-refractivity contribution in [3.05, 3.63) is 36.6 Å². The lowest BCUT2D eigenvalue weighted by Gasteiger charge is -2.36. The van der Waals surface area contributed by atoms with Crippen molar-refractivity contribution in [1.82, 2.24) is 4.90 Å². The molecule has 1 nitrogen and oxygen atoms in total. The van der Waals surface area contributed by atoms with Gasteiger partial charge in [0.15, 0.2) is 0 Å². The second-order valence-electron chi connectivity index (χ2n) is 4.87. The van der Waals surface area contributed by atoms with Gasteiger partial charge in [-0.3, -0.25) is 0 Å². The monoisotopic (exact) mass is 217 g/mol. The van der Waals surface area contributed by atoms with Crippen molar-refractivity contribution in [2.24, 2.45) is 0 Å². The van der Waals surface area contributed by atoms with Crippen LogP contribution < -0.4 is 0 Å². The normalized spacial score (nSPS) is 20.1. The van der Waals surface area contributed by atoms with Crippen molar-refractivity contribution in [1.29, 1.82) is 0 Å². The van der Waals surface area contributed by atoms with E-state index in [1.54, 1.807) is 0 Å². The molecule has 2 rings (SSSR count). The quantitative estimate of drug-likeness (QED) is 0.649. The first-order valence-corrected chi connectivity index (χ1v) is 6.64. The number of nitrogens with zero attached hydrogens (tertiary/aromatic N) is 1. The molecule has 2 aliphatic carbocycles. The maximum absolute atomic E-state index is 3.93. The van der Waals surface area contributed by atoms with Crippen LogP contribution in [0.2, 0.25) is 0 Å². The van der Waals surface area contributed by atoms with Gasteiger partial charge in [-0.1, -0.05) is 30.4 Å². The molecule has 0 bridgehead atoms. The minimum absolute atomic E-state index is 0.799. The average Bonchev–Trinajstić information content (AvgIpc) is 2.26. The summed E-state index contributed by atoms with van der Waals surface area (Å²) in [5, 5.41) is 0. The molecule has 0 saturated heterocycles. The first-order valence-electron chi connectivity index (χ1n) is 6.64. The van der Waals surface area contributed by atoms with Gasteiger partial charge in [0.2, 0.25) is 0 Å². The molecule has 0 aromatic carbocycles. The highest BCUT2D eigenvalue weighted by Gasteiger charge is 2.21. The fourth-order valence-electron chi connectivity index (χ4n) is 2.46. The topological polar surface area (TPSA) is 3.24 Å². The number of rotatable bonds is 6. The lowest BCUT2D eigenvalue weighted by Crippen LogP contribution is -2.36. The maximum Gasteiger partial charge on any atom is 0.0284 e. The van der Waals surface area contributed by atoms with Crippen molar-refractivity contribution in [3.63, 3.8) is 0 Å². The summed E-state index contributed by atoms with van der Waals surface area (Å²) in [6.07, 6.45) is 18.1. The molecule has 0 spiro atoms. The van der Waals surface area contributed by atoms with Gasteiger partial charge in [-0.15, -0.1) is 0 Å². The van der Waals surface area contributed by atoms with Crippen molar-refractivity contribution >= 4 is 0 Å². The molecule has 88 valence electrons. The van der Waals surface area contributed by atoms with E-state index >= 15 is 0 Å². The Morgan fingerprint density at radius 2 is 2.25 bits per heavy atom. The van der Waals surface area contributed by atoms with E-state index in [1.807, 2.05) is 6.20 Å². The van der Waals surface area contributed by atoms with Crippen molar-refractivity contribution in [2.45, 2.75) is 51.0 Å². The Balaban J connectivity index is 1.67. The molecule has 1 heteroatoms. The van der Waals surface area contributed by atoms with Crippen molar-refractivity contribution in [3.8, 4) is 0 Å². The van der Waals surface area contributed by atoms with E-state index in [1.165, 1.54) is 57.1 Å². The Kier molecular flexibility index (Phi) is 4.26. The summed E-state index contributed by atoms with van der Waals surface area (Å²) in [7, 11) is 0. The van der Waals surface area contributed by atoms with Crippen LogP contribution in [0.4, 0.5) is 0 Å². The summed E-state index contributed by atoms with van der Waals surface area (Å²) in [5.41, 5.74) is 1.53. The molecular formula is C15H23N. The molecule has 0 heterocycles. The maximum atomic E-state index is 3.93. The van der Waals surface area contributed by atoms with Gasteiger partial charge in [0.05, 0.1) is 0 Å². The Labute approximate surface area is 99.5 Å². The molecule has 0 unspecified atom stereocenters. The summed E-state index contributed by atoms with van der Waals surface area (Å²) in [5.74, 6) is 0. The highest BCUT2D eigenvalue weighted by Crippen LogP contribution is 2.25. The molecule has 0 atom stereocenters. The van der Waals surface area contributed by atoms with Crippen LogP contribution in [0.3, 0.4) is 0 Å². The van der Waals surface area contributed by atoms with Gasteiger partial charge in [-0.2, -0.15) is 0 Å². The number of hydrogen-bond acceptors (Lipinski definition) is 1. The second kappa shape index (κ2) is 5.93. The Morgan fingerprint density at radius 1 is 1.38 bits per heavy atom. The van der Waals surface area contributed by atoms with Gasteiger partial charge in [0, 0.05) is 12.6 Å². The lowest BCUT2D eigenvalue weighted by molar-refractivity contribution is 0.183. The molecule has 1 saturated carbocycles. The van der Waals surface area contributed by atoms with Crippen LogP contribution in [-0.2, 0) is 0 Å². The molecule has 16 heavy (non-hydrogen) atoms. The van der Waals surface area contributed by atoms with Crippen molar-refractivity contribution < 1.29 is 0 Å². The summed E-state index contributed by atoms with van der Waals surface area (Å²) in [6, 6.07) is 0.799. The fourth-order valence-corrected chi connectivity index (χ4v) is 2.46. The molecule has 0 aliphatic heterocycles. The second-order valence-corrected chi connectivity index (χ2v) is 4.87. The van der Waals surface area contributed by atoms with E-state index in [-0.39, 0.29) is 0 Å². The molecule has 0 N–H and O–H groups in total. The fraction of sp³-hybridized carbons (Fsp3) is 0.600. The van der Waals surface area contributed by atoms with Gasteiger partial charge < -0.3 is 4.90 Å². The SMILES string of the molecule is C=CN(CCCC1=CCCC=C1)C1CCC1. The summed E-state index contributed by atoms with van der Waals surface area (Å²) >= 11 is 0. The zero-order chi connectivity index (χ0) is 11.2. The molecule has 0 amide bonds. The Morgan fingerprint density at radius 3 is 2.81 bits per heavy atom. The van der Waals surface area contributed by atoms with Crippen molar-refractivity contribution in [2.75, 3.05) is 6.54 Å². The molecule has 1 fully saturated rings. The highest BCUT2D eigenvalue weighted by molar-refractivity contribution is 5.21. The summed E-state index contributed by atoms with van der Waals surface area (Å²) in [4.78, 5) is 2.44. The van der Waals surface area contributed by atoms with E-state index in [2.05, 4.69) is 29.7 Å². The van der Waals surface area contributed by atoms with E-state index < -0.39 is 0 Å². The standard InChI is InChI=1S/C15H23N/c1-2-16(15-11-6-12-15)13-7-10-14-8-4-3-5-9-14/h2,4,8-9,15H,1,3,5-7,10-13H2. The van der Waals surface area contributed by atoms with Gasteiger partial charge in [0.1, 0.15) is 0 Å². The third kappa shape index (κ3) is 3.01. The number of hydrogen-bond donors (Lipinski definition) is 0. The lowest BCUT2D eigenvalue weighted by atomic mass is 9.91. The molecule has 2 aliphatic rings. The van der Waals surface area contributed by atoms with E-state index in [0.29, 0.717) is 0 Å². The molecule has 0 aromatic rings. The minimum Gasteiger partial charge on any atom is -0.375 e. The van der Waals surface area contributed by atoms with Gasteiger partial charge in [-0.25, -0.2) is 0 Å². The molecule has 0 radical (unpaired) electrons. The zero-order valence-electron chi connectivity index (χ0n) is 10.2. The zero-order valence-corrected chi connectivity index (χ0v) is 10.2. The average molecular weight is 217 g/mol. The van der Waals surface area contributed by atoms with Gasteiger partial charge in [-0.05, 0) is 51.1 Å². The van der Waals surface area contributed by atoms with Gasteiger partial charge >= 0.3 is 0 Å². The van der Waals surface area contributed by atoms with Crippen LogP contribution in [0, 0.1) is 0 Å². The first kappa shape index (κ1) is 11.5. The predicted octanol–water partition coefficient (Wildman–Crippen LogP) is 4.04. The smallest absolute Gasteiger partial charge is 0.0284 e. The summed E-state index contributed by atoms with van der Waals surface area (Å²) in [6.45, 7) is 5.11. The molecular weight excluding hydrogens is 194 g/mol. The van der Waals surface area contributed by atoms with Crippen LogP contribution in [0.1, 0.15) is 44.9 Å². The minimum atomic E-state index is 0.799. The van der Waals surface area contributed by atoms with Crippen LogP contribution in [0.15, 0.2) is 36.6 Å². The van der Waals surface area contributed by atoms with Crippen LogP contribution in [0.5, 0.6) is 0 Å². The van der Waals surface area contributed by atoms with Crippen LogP contribution in [0.25, 0.3) is 0 Å². The highest BCUT2D eigenvalue weighted by atomic mass is 15.1. The Hall–Kier alpha value is -0.980. The summed E-state index contributed by atoms with van der Waals surface area (Å²) < 4.78 is 0. The Bertz CT molecular complexity index is 284. The van der Waals surface area contributed by atoms with Gasteiger partial charge in [0.25, 0.3) is 0 Å². The largest absolute Gasteiger partial charge is 0.375 e. The third-order valence-electron chi connectivity index (χ3n) is 3.73. The predicted molar refractivity (Wildman–Crippen MR) is 70.2 cm³/mol. The van der Waals surface area contributed by atoms with E-state index in [0.717, 1.165) is 6.04 Å². The van der Waals surface area contributed by atoms with Crippen LogP contribution in [-0.4, -0.2) is 17.5 Å². The molecule has 0 aromatic heterocycles.